The molecule has 0 unspecified atom stereocenters. The SMILES string of the molecule is CCCCCC[C@H](C/C=C/CCCCCCCC(=O)O)OCOCCOC. The zero-order valence-electron chi connectivity index (χ0n) is 17.6. The fourth-order valence-corrected chi connectivity index (χ4v) is 2.85. The first-order valence-electron chi connectivity index (χ1n) is 10.8. The highest BCUT2D eigenvalue weighted by Crippen LogP contribution is 2.13. The van der Waals surface area contributed by atoms with Gasteiger partial charge in [-0.25, -0.2) is 0 Å². The van der Waals surface area contributed by atoms with Gasteiger partial charge in [0.15, 0.2) is 0 Å². The van der Waals surface area contributed by atoms with Crippen molar-refractivity contribution in [3.63, 3.8) is 0 Å². The number of carboxylic acid groups (broad SMARTS) is 1. The summed E-state index contributed by atoms with van der Waals surface area (Å²) in [7, 11) is 1.67. The number of ether oxygens (including phenoxy) is 3. The van der Waals surface area contributed by atoms with E-state index in [0.29, 0.717) is 26.4 Å². The monoisotopic (exact) mass is 386 g/mol. The van der Waals surface area contributed by atoms with Crippen molar-refractivity contribution in [2.24, 2.45) is 0 Å². The van der Waals surface area contributed by atoms with Gasteiger partial charge in [0.05, 0.1) is 19.3 Å². The molecule has 0 radical (unpaired) electrons. The molecule has 5 nitrogen and oxygen atoms in total. The van der Waals surface area contributed by atoms with Crippen LogP contribution in [0.5, 0.6) is 0 Å². The van der Waals surface area contributed by atoms with E-state index in [4.69, 9.17) is 19.3 Å². The molecule has 5 heteroatoms. The van der Waals surface area contributed by atoms with E-state index in [2.05, 4.69) is 19.1 Å². The maximum absolute atomic E-state index is 10.4. The molecule has 0 aliphatic carbocycles. The fraction of sp³-hybridized carbons (Fsp3) is 0.864. The molecular weight excluding hydrogens is 344 g/mol. The minimum atomic E-state index is -0.687. The molecule has 0 fully saturated rings. The van der Waals surface area contributed by atoms with Crippen LogP contribution in [-0.2, 0) is 19.0 Å². The molecule has 1 N–H and O–H groups in total. The van der Waals surface area contributed by atoms with Gasteiger partial charge >= 0.3 is 5.97 Å². The van der Waals surface area contributed by atoms with E-state index in [1.165, 1.54) is 38.5 Å². The molecule has 160 valence electrons. The Labute approximate surface area is 166 Å². The molecular formula is C22H42O5. The number of hydrogen-bond donors (Lipinski definition) is 1. The lowest BCUT2D eigenvalue weighted by atomic mass is 10.1. The third-order valence-electron chi connectivity index (χ3n) is 4.53. The van der Waals surface area contributed by atoms with Crippen LogP contribution in [0.3, 0.4) is 0 Å². The summed E-state index contributed by atoms with van der Waals surface area (Å²) in [6.45, 7) is 3.74. The highest BCUT2D eigenvalue weighted by atomic mass is 16.7. The van der Waals surface area contributed by atoms with Crippen LogP contribution in [0, 0.1) is 0 Å². The molecule has 0 aromatic rings. The molecule has 0 bridgehead atoms. The third-order valence-corrected chi connectivity index (χ3v) is 4.53. The van der Waals surface area contributed by atoms with E-state index in [1.54, 1.807) is 7.11 Å². The topological polar surface area (TPSA) is 65.0 Å². The van der Waals surface area contributed by atoms with Crippen molar-refractivity contribution in [1.82, 2.24) is 0 Å². The molecule has 0 aliphatic rings. The number of rotatable bonds is 21. The van der Waals surface area contributed by atoms with Gasteiger partial charge in [-0.05, 0) is 32.1 Å². The summed E-state index contributed by atoms with van der Waals surface area (Å²) >= 11 is 0. The van der Waals surface area contributed by atoms with Gasteiger partial charge in [-0.1, -0.05) is 64.0 Å². The van der Waals surface area contributed by atoms with Crippen molar-refractivity contribution in [3.8, 4) is 0 Å². The van der Waals surface area contributed by atoms with Crippen LogP contribution in [0.2, 0.25) is 0 Å². The van der Waals surface area contributed by atoms with Gasteiger partial charge < -0.3 is 19.3 Å². The van der Waals surface area contributed by atoms with Gasteiger partial charge in [0.2, 0.25) is 0 Å². The van der Waals surface area contributed by atoms with E-state index in [1.807, 2.05) is 0 Å². The number of carboxylic acids is 1. The number of carbonyl (C=O) groups is 1. The summed E-state index contributed by atoms with van der Waals surface area (Å²) in [5.74, 6) is -0.687. The number of aliphatic carboxylic acids is 1. The molecule has 0 heterocycles. The quantitative estimate of drug-likeness (QED) is 0.155. The van der Waals surface area contributed by atoms with E-state index in [-0.39, 0.29) is 6.10 Å². The Bertz CT molecular complexity index is 344. The molecule has 0 spiro atoms. The van der Waals surface area contributed by atoms with Crippen molar-refractivity contribution >= 4 is 5.97 Å². The summed E-state index contributed by atoms with van der Waals surface area (Å²) in [6.07, 6.45) is 18.5. The Morgan fingerprint density at radius 1 is 0.963 bits per heavy atom. The van der Waals surface area contributed by atoms with Gasteiger partial charge in [0.1, 0.15) is 6.79 Å². The first kappa shape index (κ1) is 26.1. The molecule has 0 aromatic carbocycles. The summed E-state index contributed by atoms with van der Waals surface area (Å²) in [6, 6.07) is 0. The number of unbranched alkanes of at least 4 members (excludes halogenated alkanes) is 8. The van der Waals surface area contributed by atoms with E-state index in [0.717, 1.165) is 38.5 Å². The van der Waals surface area contributed by atoms with Gasteiger partial charge in [-0.2, -0.15) is 0 Å². The van der Waals surface area contributed by atoms with Gasteiger partial charge in [0, 0.05) is 13.5 Å². The van der Waals surface area contributed by atoms with Crippen LogP contribution < -0.4 is 0 Å². The van der Waals surface area contributed by atoms with Crippen molar-refractivity contribution in [3.05, 3.63) is 12.2 Å². The summed E-state index contributed by atoms with van der Waals surface area (Å²) in [4.78, 5) is 10.4. The van der Waals surface area contributed by atoms with Crippen LogP contribution in [-0.4, -0.2) is 44.3 Å². The molecule has 27 heavy (non-hydrogen) atoms. The Balaban J connectivity index is 3.79. The second-order valence-corrected chi connectivity index (χ2v) is 7.06. The molecule has 1 atom stereocenters. The van der Waals surface area contributed by atoms with Crippen LogP contribution in [0.4, 0.5) is 0 Å². The Morgan fingerprint density at radius 3 is 2.44 bits per heavy atom. The van der Waals surface area contributed by atoms with Gasteiger partial charge in [-0.15, -0.1) is 0 Å². The van der Waals surface area contributed by atoms with Crippen molar-refractivity contribution in [2.75, 3.05) is 27.1 Å². The van der Waals surface area contributed by atoms with E-state index in [9.17, 15) is 4.79 Å². The Kier molecular flexibility index (Phi) is 20.7. The Morgan fingerprint density at radius 2 is 1.70 bits per heavy atom. The lowest BCUT2D eigenvalue weighted by Gasteiger charge is -2.16. The summed E-state index contributed by atoms with van der Waals surface area (Å²) in [5, 5.41) is 8.60. The average Bonchev–Trinajstić information content (AvgIpc) is 2.65. The number of methoxy groups -OCH3 is 1. The maximum Gasteiger partial charge on any atom is 0.303 e. The van der Waals surface area contributed by atoms with Crippen LogP contribution in [0.25, 0.3) is 0 Å². The average molecular weight is 387 g/mol. The van der Waals surface area contributed by atoms with Crippen molar-refractivity contribution in [1.29, 1.82) is 0 Å². The highest BCUT2D eigenvalue weighted by molar-refractivity contribution is 5.66. The maximum atomic E-state index is 10.4. The molecule has 0 aromatic heterocycles. The first-order chi connectivity index (χ1) is 13.2. The normalized spacial score (nSPS) is 12.7. The van der Waals surface area contributed by atoms with Crippen molar-refractivity contribution < 1.29 is 24.1 Å². The minimum absolute atomic E-state index is 0.233. The van der Waals surface area contributed by atoms with Crippen LogP contribution in [0.15, 0.2) is 12.2 Å². The predicted molar refractivity (Wildman–Crippen MR) is 110 cm³/mol. The largest absolute Gasteiger partial charge is 0.481 e. The second-order valence-electron chi connectivity index (χ2n) is 7.06. The molecule has 0 amide bonds. The zero-order valence-corrected chi connectivity index (χ0v) is 17.6. The van der Waals surface area contributed by atoms with E-state index >= 15 is 0 Å². The third kappa shape index (κ3) is 21.2. The number of hydrogen-bond acceptors (Lipinski definition) is 4. The van der Waals surface area contributed by atoms with Crippen molar-refractivity contribution in [2.45, 2.75) is 96.5 Å². The molecule has 0 aliphatic heterocycles. The fourth-order valence-electron chi connectivity index (χ4n) is 2.85. The zero-order chi connectivity index (χ0) is 20.0. The molecule has 0 rings (SSSR count). The highest BCUT2D eigenvalue weighted by Gasteiger charge is 2.07. The Hall–Kier alpha value is -0.910. The smallest absolute Gasteiger partial charge is 0.303 e. The van der Waals surface area contributed by atoms with Gasteiger partial charge in [-0.3, -0.25) is 4.79 Å². The lowest BCUT2D eigenvalue weighted by molar-refractivity contribution is -0.137. The van der Waals surface area contributed by atoms with E-state index < -0.39 is 5.97 Å². The first-order valence-corrected chi connectivity index (χ1v) is 10.8. The lowest BCUT2D eigenvalue weighted by Crippen LogP contribution is -2.16. The van der Waals surface area contributed by atoms with Gasteiger partial charge in [0.25, 0.3) is 0 Å². The summed E-state index contributed by atoms with van der Waals surface area (Å²) < 4.78 is 16.3. The molecule has 0 saturated heterocycles. The second kappa shape index (κ2) is 21.4. The molecule has 0 saturated carbocycles. The summed E-state index contributed by atoms with van der Waals surface area (Å²) in [5.41, 5.74) is 0. The number of allylic oxidation sites excluding steroid dienone is 1. The van der Waals surface area contributed by atoms with Crippen LogP contribution >= 0.6 is 0 Å². The minimum Gasteiger partial charge on any atom is -0.481 e. The predicted octanol–water partition coefficient (Wildman–Crippen LogP) is 5.72. The van der Waals surface area contributed by atoms with Crippen LogP contribution in [0.1, 0.15) is 90.4 Å². The standard InChI is InChI=1S/C22H42O5/c1-3-4-5-12-15-21(27-20-26-19-18-25-2)16-13-10-8-6-7-9-11-14-17-22(23)24/h10,13,21H,3-9,11-12,14-20H2,1-2H3,(H,23,24)/b13-10+/t21-/m1/s1.